The van der Waals surface area contributed by atoms with Gasteiger partial charge in [0.15, 0.2) is 0 Å². The van der Waals surface area contributed by atoms with Crippen LogP contribution in [-0.2, 0) is 64.0 Å². The number of methoxy groups -OCH3 is 2. The van der Waals surface area contributed by atoms with Crippen LogP contribution in [0.1, 0.15) is 138 Å². The van der Waals surface area contributed by atoms with E-state index in [0.29, 0.717) is 42.6 Å². The van der Waals surface area contributed by atoms with Crippen LogP contribution < -0.4 is 43.4 Å². The van der Waals surface area contributed by atoms with Crippen molar-refractivity contribution in [1.82, 2.24) is 46.2 Å². The van der Waals surface area contributed by atoms with Crippen LogP contribution in [0.4, 0.5) is 15.3 Å². The number of rotatable bonds is 35. The Kier molecular flexibility index (Phi) is 30.4. The molecule has 11 N–H and O–H groups in total. The number of imide groups is 1. The molecule has 0 spiro atoms. The average Bonchev–Trinajstić information content (AvgIpc) is 1.42. The van der Waals surface area contributed by atoms with E-state index >= 15 is 0 Å². The Morgan fingerprint density at radius 2 is 1.34 bits per heavy atom. The summed E-state index contributed by atoms with van der Waals surface area (Å²) in [6.07, 6.45) is -1.38. The maximum absolute atomic E-state index is 14.8. The van der Waals surface area contributed by atoms with Crippen molar-refractivity contribution in [3.63, 3.8) is 0 Å². The maximum atomic E-state index is 14.8. The van der Waals surface area contributed by atoms with E-state index in [2.05, 4.69) is 31.9 Å². The van der Waals surface area contributed by atoms with Crippen molar-refractivity contribution >= 4 is 71.0 Å². The summed E-state index contributed by atoms with van der Waals surface area (Å²) in [5.74, 6) is -7.22. The van der Waals surface area contributed by atoms with Crippen molar-refractivity contribution in [3.8, 4) is 0 Å². The molecule has 0 radical (unpaired) electrons. The van der Waals surface area contributed by atoms with Gasteiger partial charge in [0, 0.05) is 66.5 Å². The zero-order chi connectivity index (χ0) is 68.8. The normalized spacial score (nSPS) is 18.1. The summed E-state index contributed by atoms with van der Waals surface area (Å²) >= 11 is 0. The van der Waals surface area contributed by atoms with Crippen LogP contribution in [0.2, 0.25) is 0 Å². The van der Waals surface area contributed by atoms with Crippen LogP contribution in [0.5, 0.6) is 0 Å². The van der Waals surface area contributed by atoms with Crippen LogP contribution >= 0.6 is 0 Å². The van der Waals surface area contributed by atoms with Gasteiger partial charge in [0.25, 0.3) is 0 Å². The first-order valence-corrected chi connectivity index (χ1v) is 31.9. The Balaban J connectivity index is 1.41. The Bertz CT molecular complexity index is 2810. The molecule has 27 nitrogen and oxygen atoms in total. The number of primary amides is 1. The fraction of sp³-hybridized carbons (Fsp3) is 0.646. The molecule has 27 heteroatoms. The third-order valence-corrected chi connectivity index (χ3v) is 17.4. The summed E-state index contributed by atoms with van der Waals surface area (Å²) in [7, 11) is 6.05. The molecule has 2 saturated heterocycles. The van der Waals surface area contributed by atoms with Crippen LogP contribution in [0.3, 0.4) is 0 Å². The molecular formula is C65H102N12O15. The standard InChI is InChI=1S/C65H102N12O15/c1-15-39(8)55(48(90-13)33-51(80)76-32-20-24-46(76)57(91-14)40(9)58(82)69-41(10)56(81)43-21-17-16-18-22-43)74(11)63(87)53(37(4)5)73-62(86)54(38(6)7)75(12)65(89)92-35-42-25-27-44(28-26-42)70-59(83)45(23-19-31-68-64(67)88)71-61(85)52(36(2)3)72-60(84)47(34-66)77-49(78)29-30-50(77)79/h16-18,21-22,25-28,36-41,45-48,52-57,81H,15,19-20,23-24,29-35,66H2,1-14H3,(H,69,82)(H,70,83)(H,71,85)(H,72,84)(H,73,86)(H3,67,68,88)/t39-,40+,41+,45-,46-,47?,48+,52?,53?,54?,55-,56+,57+/m0/s1. The highest BCUT2D eigenvalue weighted by Gasteiger charge is 2.45. The molecule has 0 aromatic heterocycles. The van der Waals surface area contributed by atoms with Gasteiger partial charge >= 0.3 is 12.1 Å². The second kappa shape index (κ2) is 36.5. The Labute approximate surface area is 541 Å². The molecule has 2 aliphatic heterocycles. The molecule has 0 saturated carbocycles. The number of nitrogens with two attached hydrogens (primary N) is 2. The van der Waals surface area contributed by atoms with E-state index in [4.69, 9.17) is 25.7 Å². The molecule has 2 heterocycles. The monoisotopic (exact) mass is 1290 g/mol. The molecule has 0 bridgehead atoms. The molecule has 2 fully saturated rings. The van der Waals surface area contributed by atoms with Gasteiger partial charge in [-0.25, -0.2) is 9.59 Å². The summed E-state index contributed by atoms with van der Waals surface area (Å²) in [5.41, 5.74) is 12.5. The first-order valence-electron chi connectivity index (χ1n) is 31.9. The lowest BCUT2D eigenvalue weighted by molar-refractivity contribution is -0.148. The number of nitrogens with one attached hydrogen (secondary N) is 6. The number of hydrogen-bond acceptors (Lipinski definition) is 16. The van der Waals surface area contributed by atoms with Crippen LogP contribution in [0.25, 0.3) is 0 Å². The third-order valence-electron chi connectivity index (χ3n) is 17.4. The van der Waals surface area contributed by atoms with Gasteiger partial charge in [0.05, 0.1) is 48.8 Å². The van der Waals surface area contributed by atoms with Gasteiger partial charge in [-0.2, -0.15) is 0 Å². The predicted octanol–water partition coefficient (Wildman–Crippen LogP) is 3.07. The number of benzene rings is 2. The second-order valence-corrected chi connectivity index (χ2v) is 25.1. The summed E-state index contributed by atoms with van der Waals surface area (Å²) in [6.45, 7) is 17.7. The average molecular weight is 1290 g/mol. The number of carbonyl (C=O) groups excluding carboxylic acids is 11. The number of likely N-dealkylation sites (tertiary alicyclic amines) is 2. The number of nitrogens with zero attached hydrogens (tertiary/aromatic N) is 4. The number of amides is 12. The molecule has 0 aliphatic carbocycles. The molecule has 13 atom stereocenters. The lowest BCUT2D eigenvalue weighted by Crippen LogP contribution is -2.60. The predicted molar refractivity (Wildman–Crippen MR) is 343 cm³/mol. The number of aliphatic hydroxyl groups is 1. The van der Waals surface area contributed by atoms with E-state index in [1.807, 2.05) is 32.0 Å². The minimum Gasteiger partial charge on any atom is -0.445 e. The lowest BCUT2D eigenvalue weighted by atomic mass is 9.89. The van der Waals surface area contributed by atoms with Crippen LogP contribution in [0, 0.1) is 29.6 Å². The number of ether oxygens (including phenoxy) is 3. The molecule has 2 aromatic carbocycles. The van der Waals surface area contributed by atoms with Gasteiger partial charge in [-0.15, -0.1) is 0 Å². The molecule has 92 heavy (non-hydrogen) atoms. The van der Waals surface area contributed by atoms with Gasteiger partial charge in [0.2, 0.25) is 53.2 Å². The summed E-state index contributed by atoms with van der Waals surface area (Å²) in [5, 5.41) is 27.3. The van der Waals surface area contributed by atoms with Crippen molar-refractivity contribution in [1.29, 1.82) is 0 Å². The van der Waals surface area contributed by atoms with E-state index in [9.17, 15) is 57.8 Å². The summed E-state index contributed by atoms with van der Waals surface area (Å²) in [6, 6.07) is 6.90. The molecule has 2 aromatic rings. The molecule has 4 unspecified atom stereocenters. The maximum Gasteiger partial charge on any atom is 0.410 e. The number of aliphatic hydroxyl groups excluding tert-OH is 1. The highest BCUT2D eigenvalue weighted by molar-refractivity contribution is 6.06. The van der Waals surface area contributed by atoms with Crippen LogP contribution in [0.15, 0.2) is 54.6 Å². The Morgan fingerprint density at radius 1 is 0.728 bits per heavy atom. The number of urea groups is 1. The highest BCUT2D eigenvalue weighted by atomic mass is 16.6. The van der Waals surface area contributed by atoms with Gasteiger partial charge in [-0.3, -0.25) is 53.0 Å². The minimum atomic E-state index is -1.35. The van der Waals surface area contributed by atoms with E-state index in [1.165, 1.54) is 21.3 Å². The van der Waals surface area contributed by atoms with E-state index in [0.717, 1.165) is 9.80 Å². The number of carbonyl (C=O) groups is 11. The SMILES string of the molecule is CC[C@H](C)[C@@H]([C@@H](CC(=O)N1CCC[C@H]1[C@H](OC)[C@@H](C)C(=O)N[C@H](C)[C@@H](O)c1ccccc1)OC)N(C)C(=O)C(NC(=O)C(C(C)C)N(C)C(=O)OCc1ccc(NC(=O)[C@H](CCCNC(N)=O)NC(=O)C(NC(=O)C(CN)N2C(=O)CCC2=O)C(C)C)cc1)C(C)C. The lowest BCUT2D eigenvalue weighted by Gasteiger charge is -2.41. The minimum absolute atomic E-state index is 0.0193. The number of hydrogen-bond donors (Lipinski definition) is 9. The summed E-state index contributed by atoms with van der Waals surface area (Å²) in [4.78, 5) is 154. The van der Waals surface area contributed by atoms with Gasteiger partial charge in [-0.1, -0.05) is 111 Å². The van der Waals surface area contributed by atoms with Crippen molar-refractivity contribution in [3.05, 3.63) is 65.7 Å². The first-order chi connectivity index (χ1) is 43.4. The van der Waals surface area contributed by atoms with E-state index in [-0.39, 0.29) is 69.5 Å². The van der Waals surface area contributed by atoms with Crippen molar-refractivity contribution < 1.29 is 72.1 Å². The molecule has 512 valence electrons. The van der Waals surface area contributed by atoms with Gasteiger partial charge < -0.3 is 72.5 Å². The topological polar surface area (TPSA) is 373 Å². The molecule has 4 rings (SSSR count). The van der Waals surface area contributed by atoms with Crippen molar-refractivity contribution in [2.75, 3.05) is 53.3 Å². The quantitative estimate of drug-likeness (QED) is 0.0354. The fourth-order valence-electron chi connectivity index (χ4n) is 12.0. The van der Waals surface area contributed by atoms with Crippen molar-refractivity contribution in [2.45, 2.75) is 194 Å². The van der Waals surface area contributed by atoms with Gasteiger partial charge in [0.1, 0.15) is 36.8 Å². The Morgan fingerprint density at radius 3 is 1.88 bits per heavy atom. The summed E-state index contributed by atoms with van der Waals surface area (Å²) < 4.78 is 17.7. The van der Waals surface area contributed by atoms with Gasteiger partial charge in [-0.05, 0) is 79.5 Å². The number of anilines is 1. The first kappa shape index (κ1) is 76.7. The third kappa shape index (κ3) is 20.9. The second-order valence-electron chi connectivity index (χ2n) is 25.1. The number of likely N-dealkylation sites (N-methyl/N-ethyl adjacent to an activating group) is 2. The smallest absolute Gasteiger partial charge is 0.410 e. The van der Waals surface area contributed by atoms with Crippen LogP contribution in [-0.4, -0.2) is 198 Å². The molecule has 2 aliphatic rings. The Hall–Kier alpha value is -7.75. The van der Waals surface area contributed by atoms with E-state index in [1.54, 1.807) is 109 Å². The molecule has 12 amide bonds. The molecular weight excluding hydrogens is 1190 g/mol. The van der Waals surface area contributed by atoms with Crippen molar-refractivity contribution in [2.24, 2.45) is 41.1 Å². The zero-order valence-electron chi connectivity index (χ0n) is 56.0. The largest absolute Gasteiger partial charge is 0.445 e. The van der Waals surface area contributed by atoms with E-state index < -0.39 is 144 Å². The fourth-order valence-corrected chi connectivity index (χ4v) is 12.0. The highest BCUT2D eigenvalue weighted by Crippen LogP contribution is 2.31. The zero-order valence-corrected chi connectivity index (χ0v) is 56.0.